The maximum absolute atomic E-state index is 4.52. The van der Waals surface area contributed by atoms with Crippen LogP contribution in [0.1, 0.15) is 13.8 Å². The quantitative estimate of drug-likeness (QED) is 0.868. The fourth-order valence-electron chi connectivity index (χ4n) is 1.71. The van der Waals surface area contributed by atoms with Crippen LogP contribution >= 0.6 is 11.8 Å². The van der Waals surface area contributed by atoms with Crippen molar-refractivity contribution in [3.05, 3.63) is 12.4 Å². The highest BCUT2D eigenvalue weighted by molar-refractivity contribution is 7.99. The van der Waals surface area contributed by atoms with Gasteiger partial charge in [0, 0.05) is 33.4 Å². The number of nitrogens with zero attached hydrogens (tertiary/aromatic N) is 6. The van der Waals surface area contributed by atoms with Gasteiger partial charge in [-0.05, 0) is 25.6 Å². The minimum atomic E-state index is 0.577. The molecule has 2 heterocycles. The monoisotopic (exact) mass is 293 g/mol. The zero-order valence-electron chi connectivity index (χ0n) is 12.2. The van der Waals surface area contributed by atoms with Gasteiger partial charge in [0.05, 0.1) is 11.1 Å². The number of hydrogen-bond acceptors (Lipinski definition) is 7. The molecule has 7 nitrogen and oxygen atoms in total. The molecule has 0 aliphatic heterocycles. The minimum Gasteiger partial charge on any atom is -0.357 e. The molecule has 0 saturated carbocycles. The van der Waals surface area contributed by atoms with E-state index in [1.54, 1.807) is 17.9 Å². The van der Waals surface area contributed by atoms with E-state index in [2.05, 4.69) is 44.1 Å². The first-order valence-electron chi connectivity index (χ1n) is 6.51. The van der Waals surface area contributed by atoms with Crippen molar-refractivity contribution in [2.75, 3.05) is 30.4 Å². The van der Waals surface area contributed by atoms with Gasteiger partial charge < -0.3 is 10.2 Å². The molecule has 1 N–H and O–H groups in total. The number of anilines is 2. The summed E-state index contributed by atoms with van der Waals surface area (Å²) in [7, 11) is 3.69. The Balaban J connectivity index is 2.29. The smallest absolute Gasteiger partial charge is 0.231 e. The van der Waals surface area contributed by atoms with E-state index < -0.39 is 0 Å². The van der Waals surface area contributed by atoms with Gasteiger partial charge in [-0.3, -0.25) is 4.68 Å². The Bertz CT molecular complexity index is 565. The van der Waals surface area contributed by atoms with Gasteiger partial charge in [0.15, 0.2) is 5.16 Å². The van der Waals surface area contributed by atoms with Crippen LogP contribution in [0.2, 0.25) is 0 Å². The SMILES string of the molecule is CCN(CC)c1nc(NC)nc(Sc2cnn(C)c2)n1. The minimum absolute atomic E-state index is 0.577. The first-order valence-corrected chi connectivity index (χ1v) is 7.33. The van der Waals surface area contributed by atoms with Crippen LogP contribution in [-0.2, 0) is 7.05 Å². The summed E-state index contributed by atoms with van der Waals surface area (Å²) in [5.74, 6) is 1.27. The van der Waals surface area contributed by atoms with E-state index in [9.17, 15) is 0 Å². The second-order valence-electron chi connectivity index (χ2n) is 4.12. The maximum atomic E-state index is 4.52. The zero-order valence-corrected chi connectivity index (χ0v) is 13.0. The summed E-state index contributed by atoms with van der Waals surface area (Å²) in [6.07, 6.45) is 3.73. The molecule has 0 aliphatic carbocycles. The van der Waals surface area contributed by atoms with Gasteiger partial charge in [0.1, 0.15) is 0 Å². The number of hydrogen-bond donors (Lipinski definition) is 1. The fourth-order valence-corrected chi connectivity index (χ4v) is 2.48. The molecular formula is C12H19N7S. The van der Waals surface area contributed by atoms with Crippen LogP contribution in [-0.4, -0.2) is 44.9 Å². The van der Waals surface area contributed by atoms with Crippen molar-refractivity contribution in [3.63, 3.8) is 0 Å². The Hall–Kier alpha value is -1.83. The summed E-state index contributed by atoms with van der Waals surface area (Å²) >= 11 is 1.48. The molecule has 0 aliphatic rings. The molecule has 0 atom stereocenters. The Labute approximate surface area is 122 Å². The van der Waals surface area contributed by atoms with Crippen molar-refractivity contribution in [1.82, 2.24) is 24.7 Å². The lowest BCUT2D eigenvalue weighted by molar-refractivity contribution is 0.766. The van der Waals surface area contributed by atoms with Crippen molar-refractivity contribution < 1.29 is 0 Å². The molecule has 20 heavy (non-hydrogen) atoms. The lowest BCUT2D eigenvalue weighted by Crippen LogP contribution is -2.25. The number of aryl methyl sites for hydroxylation is 1. The van der Waals surface area contributed by atoms with Crippen LogP contribution in [0.3, 0.4) is 0 Å². The molecule has 8 heteroatoms. The van der Waals surface area contributed by atoms with Crippen LogP contribution in [0.4, 0.5) is 11.9 Å². The standard InChI is InChI=1S/C12H19N7S/c1-5-19(6-2)11-15-10(13-3)16-12(17-11)20-9-7-14-18(4)8-9/h7-8H,5-6H2,1-4H3,(H,13,15,16,17). The second kappa shape index (κ2) is 6.56. The van der Waals surface area contributed by atoms with Gasteiger partial charge in [0.2, 0.25) is 11.9 Å². The van der Waals surface area contributed by atoms with Gasteiger partial charge in [-0.25, -0.2) is 0 Å². The van der Waals surface area contributed by atoms with Crippen molar-refractivity contribution >= 4 is 23.7 Å². The Kier molecular flexibility index (Phi) is 4.78. The predicted molar refractivity (Wildman–Crippen MR) is 80.3 cm³/mol. The Morgan fingerprint density at radius 2 is 2.00 bits per heavy atom. The highest BCUT2D eigenvalue weighted by atomic mass is 32.2. The maximum Gasteiger partial charge on any atom is 0.231 e. The first kappa shape index (κ1) is 14.6. The molecule has 0 fully saturated rings. The molecule has 2 rings (SSSR count). The molecule has 0 spiro atoms. The van der Waals surface area contributed by atoms with Crippen molar-refractivity contribution in [1.29, 1.82) is 0 Å². The van der Waals surface area contributed by atoms with Gasteiger partial charge >= 0.3 is 0 Å². The van der Waals surface area contributed by atoms with Crippen LogP contribution in [0, 0.1) is 0 Å². The van der Waals surface area contributed by atoms with E-state index in [1.165, 1.54) is 11.8 Å². The highest BCUT2D eigenvalue weighted by Crippen LogP contribution is 2.25. The molecule has 2 aromatic heterocycles. The number of aromatic nitrogens is 5. The zero-order chi connectivity index (χ0) is 14.5. The van der Waals surface area contributed by atoms with Crippen LogP contribution in [0.5, 0.6) is 0 Å². The van der Waals surface area contributed by atoms with Crippen LogP contribution in [0.25, 0.3) is 0 Å². The molecule has 0 aromatic carbocycles. The number of rotatable bonds is 6. The largest absolute Gasteiger partial charge is 0.357 e. The van der Waals surface area contributed by atoms with Crippen LogP contribution < -0.4 is 10.2 Å². The third-order valence-electron chi connectivity index (χ3n) is 2.76. The van der Waals surface area contributed by atoms with Crippen LogP contribution in [0.15, 0.2) is 22.4 Å². The molecule has 0 amide bonds. The molecule has 0 bridgehead atoms. The Morgan fingerprint density at radius 3 is 2.55 bits per heavy atom. The van der Waals surface area contributed by atoms with E-state index in [1.807, 2.05) is 13.2 Å². The van der Waals surface area contributed by atoms with E-state index in [0.717, 1.165) is 18.0 Å². The van der Waals surface area contributed by atoms with Crippen molar-refractivity contribution in [2.45, 2.75) is 23.9 Å². The fraction of sp³-hybridized carbons (Fsp3) is 0.500. The summed E-state index contributed by atoms with van der Waals surface area (Å²) in [6, 6.07) is 0. The average molecular weight is 293 g/mol. The molecule has 0 saturated heterocycles. The summed E-state index contributed by atoms with van der Waals surface area (Å²) in [6.45, 7) is 5.89. The first-order chi connectivity index (χ1) is 9.66. The third kappa shape index (κ3) is 3.38. The molecule has 2 aromatic rings. The summed E-state index contributed by atoms with van der Waals surface area (Å²) in [5, 5.41) is 7.79. The van der Waals surface area contributed by atoms with Gasteiger partial charge in [-0.15, -0.1) is 0 Å². The normalized spacial score (nSPS) is 10.6. The van der Waals surface area contributed by atoms with E-state index in [-0.39, 0.29) is 0 Å². The predicted octanol–water partition coefficient (Wildman–Crippen LogP) is 1.64. The second-order valence-corrected chi connectivity index (χ2v) is 5.16. The topological polar surface area (TPSA) is 71.8 Å². The van der Waals surface area contributed by atoms with Crippen molar-refractivity contribution in [3.8, 4) is 0 Å². The summed E-state index contributed by atoms with van der Waals surface area (Å²) in [4.78, 5) is 16.4. The molecular weight excluding hydrogens is 274 g/mol. The lowest BCUT2D eigenvalue weighted by Gasteiger charge is -2.19. The average Bonchev–Trinajstić information content (AvgIpc) is 2.85. The van der Waals surface area contributed by atoms with E-state index >= 15 is 0 Å². The lowest BCUT2D eigenvalue weighted by atomic mass is 10.5. The van der Waals surface area contributed by atoms with Gasteiger partial charge in [-0.1, -0.05) is 0 Å². The molecule has 0 unspecified atom stereocenters. The molecule has 0 radical (unpaired) electrons. The Morgan fingerprint density at radius 1 is 1.25 bits per heavy atom. The van der Waals surface area contributed by atoms with Gasteiger partial charge in [0.25, 0.3) is 0 Å². The van der Waals surface area contributed by atoms with Gasteiger partial charge in [-0.2, -0.15) is 20.1 Å². The molecule has 108 valence electrons. The van der Waals surface area contributed by atoms with E-state index in [0.29, 0.717) is 17.1 Å². The highest BCUT2D eigenvalue weighted by Gasteiger charge is 2.12. The summed E-state index contributed by atoms with van der Waals surface area (Å²) in [5.41, 5.74) is 0. The number of nitrogens with one attached hydrogen (secondary N) is 1. The third-order valence-corrected chi connectivity index (χ3v) is 3.57. The van der Waals surface area contributed by atoms with Crippen molar-refractivity contribution in [2.24, 2.45) is 7.05 Å². The van der Waals surface area contributed by atoms with E-state index in [4.69, 9.17) is 0 Å². The summed E-state index contributed by atoms with van der Waals surface area (Å²) < 4.78 is 1.76.